The molecule has 1 aliphatic heterocycles. The minimum absolute atomic E-state index is 0.0277. The van der Waals surface area contributed by atoms with Gasteiger partial charge in [0.1, 0.15) is 24.3 Å². The number of benzene rings is 1. The summed E-state index contributed by atoms with van der Waals surface area (Å²) in [7, 11) is 0. The van der Waals surface area contributed by atoms with E-state index < -0.39 is 11.6 Å². The lowest BCUT2D eigenvalue weighted by Crippen LogP contribution is -2.49. The van der Waals surface area contributed by atoms with Crippen molar-refractivity contribution in [3.8, 4) is 0 Å². The van der Waals surface area contributed by atoms with E-state index in [4.69, 9.17) is 0 Å². The zero-order valence-corrected chi connectivity index (χ0v) is 12.5. The molecule has 6 nitrogen and oxygen atoms in total. The van der Waals surface area contributed by atoms with E-state index >= 15 is 0 Å². The number of carbonyl (C=O) groups is 1. The van der Waals surface area contributed by atoms with Gasteiger partial charge < -0.3 is 9.80 Å². The SMILES string of the molecule is O=C(CCn1cncn1)N1CCN(c2cc(F)ccc2F)CC1. The summed E-state index contributed by atoms with van der Waals surface area (Å²) in [4.78, 5) is 19.5. The Balaban J connectivity index is 1.53. The van der Waals surface area contributed by atoms with Crippen LogP contribution in [0.2, 0.25) is 0 Å². The van der Waals surface area contributed by atoms with Crippen LogP contribution < -0.4 is 4.90 Å². The van der Waals surface area contributed by atoms with Crippen LogP contribution in [0.1, 0.15) is 6.42 Å². The quantitative estimate of drug-likeness (QED) is 0.852. The van der Waals surface area contributed by atoms with Crippen LogP contribution in [-0.4, -0.2) is 51.8 Å². The van der Waals surface area contributed by atoms with Crippen molar-refractivity contribution in [2.24, 2.45) is 0 Å². The van der Waals surface area contributed by atoms with E-state index in [2.05, 4.69) is 10.1 Å². The standard InChI is InChI=1S/C15H17F2N5O/c16-12-1-2-13(17)14(9-12)20-5-7-21(8-6-20)15(23)3-4-22-11-18-10-19-22/h1-2,9-11H,3-8H2. The summed E-state index contributed by atoms with van der Waals surface area (Å²) in [5.41, 5.74) is 0.250. The average Bonchev–Trinajstić information content (AvgIpc) is 3.08. The average molecular weight is 321 g/mol. The zero-order chi connectivity index (χ0) is 16.2. The highest BCUT2D eigenvalue weighted by Gasteiger charge is 2.23. The van der Waals surface area contributed by atoms with E-state index in [0.717, 1.165) is 12.1 Å². The number of carbonyl (C=O) groups excluding carboxylic acids is 1. The van der Waals surface area contributed by atoms with Crippen LogP contribution >= 0.6 is 0 Å². The highest BCUT2D eigenvalue weighted by atomic mass is 19.1. The van der Waals surface area contributed by atoms with E-state index in [1.807, 2.05) is 0 Å². The summed E-state index contributed by atoms with van der Waals surface area (Å²) in [5, 5.41) is 3.95. The van der Waals surface area contributed by atoms with Crippen molar-refractivity contribution in [1.29, 1.82) is 0 Å². The molecule has 0 bridgehead atoms. The van der Waals surface area contributed by atoms with Crippen LogP contribution in [0.25, 0.3) is 0 Å². The molecule has 8 heteroatoms. The lowest BCUT2D eigenvalue weighted by molar-refractivity contribution is -0.131. The molecule has 1 amide bonds. The Labute approximate surface area is 132 Å². The van der Waals surface area contributed by atoms with Crippen LogP contribution in [0.5, 0.6) is 0 Å². The van der Waals surface area contributed by atoms with Crippen LogP contribution in [0, 0.1) is 11.6 Å². The maximum absolute atomic E-state index is 13.8. The molecule has 0 unspecified atom stereocenters. The first-order valence-corrected chi connectivity index (χ1v) is 7.43. The second-order valence-corrected chi connectivity index (χ2v) is 5.37. The molecule has 1 aromatic heterocycles. The molecule has 2 aromatic rings. The number of amides is 1. The third-order valence-electron chi connectivity index (χ3n) is 3.90. The molecule has 0 saturated carbocycles. The van der Waals surface area contributed by atoms with Gasteiger partial charge >= 0.3 is 0 Å². The molecule has 122 valence electrons. The lowest BCUT2D eigenvalue weighted by atomic mass is 10.2. The molecular formula is C15H17F2N5O. The molecule has 0 atom stereocenters. The first kappa shape index (κ1) is 15.4. The topological polar surface area (TPSA) is 54.3 Å². The summed E-state index contributed by atoms with van der Waals surface area (Å²) in [6, 6.07) is 3.42. The fourth-order valence-electron chi connectivity index (χ4n) is 2.64. The molecule has 1 saturated heterocycles. The molecule has 0 radical (unpaired) electrons. The monoisotopic (exact) mass is 321 g/mol. The van der Waals surface area contributed by atoms with Gasteiger partial charge in [-0.05, 0) is 12.1 Å². The minimum Gasteiger partial charge on any atom is -0.366 e. The van der Waals surface area contributed by atoms with Crippen molar-refractivity contribution < 1.29 is 13.6 Å². The molecule has 0 aliphatic carbocycles. The smallest absolute Gasteiger partial charge is 0.224 e. The van der Waals surface area contributed by atoms with Gasteiger partial charge in [-0.1, -0.05) is 0 Å². The van der Waals surface area contributed by atoms with Crippen molar-refractivity contribution in [2.45, 2.75) is 13.0 Å². The van der Waals surface area contributed by atoms with Crippen LogP contribution in [-0.2, 0) is 11.3 Å². The second kappa shape index (κ2) is 6.72. The van der Waals surface area contributed by atoms with Gasteiger partial charge in [-0.25, -0.2) is 13.8 Å². The number of aromatic nitrogens is 3. The van der Waals surface area contributed by atoms with Gasteiger partial charge in [0, 0.05) is 38.7 Å². The molecule has 0 spiro atoms. The van der Waals surface area contributed by atoms with Gasteiger partial charge in [-0.3, -0.25) is 9.48 Å². The maximum Gasteiger partial charge on any atom is 0.224 e. The summed E-state index contributed by atoms with van der Waals surface area (Å²) >= 11 is 0. The number of aryl methyl sites for hydroxylation is 1. The fraction of sp³-hybridized carbons (Fsp3) is 0.400. The molecule has 23 heavy (non-hydrogen) atoms. The Bertz CT molecular complexity index is 669. The first-order chi connectivity index (χ1) is 11.1. The Morgan fingerprint density at radius 3 is 2.65 bits per heavy atom. The van der Waals surface area contributed by atoms with Crippen molar-refractivity contribution in [1.82, 2.24) is 19.7 Å². The van der Waals surface area contributed by atoms with Gasteiger partial charge in [0.25, 0.3) is 0 Å². The van der Waals surface area contributed by atoms with Crippen LogP contribution in [0.3, 0.4) is 0 Å². The van der Waals surface area contributed by atoms with E-state index in [0.29, 0.717) is 39.1 Å². The third kappa shape index (κ3) is 3.64. The molecule has 3 rings (SSSR count). The maximum atomic E-state index is 13.8. The molecule has 1 fully saturated rings. The van der Waals surface area contributed by atoms with Crippen molar-refractivity contribution in [2.75, 3.05) is 31.1 Å². The number of hydrogen-bond donors (Lipinski definition) is 0. The van der Waals surface area contributed by atoms with E-state index in [9.17, 15) is 13.6 Å². The highest BCUT2D eigenvalue weighted by Crippen LogP contribution is 2.22. The van der Waals surface area contributed by atoms with Gasteiger partial charge in [-0.2, -0.15) is 5.10 Å². The molecule has 0 N–H and O–H groups in total. The zero-order valence-electron chi connectivity index (χ0n) is 12.5. The summed E-state index contributed by atoms with van der Waals surface area (Å²) < 4.78 is 28.7. The molecular weight excluding hydrogens is 304 g/mol. The number of nitrogens with zero attached hydrogens (tertiary/aromatic N) is 5. The predicted molar refractivity (Wildman–Crippen MR) is 79.8 cm³/mol. The van der Waals surface area contributed by atoms with Gasteiger partial charge in [0.2, 0.25) is 5.91 Å². The summed E-state index contributed by atoms with van der Waals surface area (Å²) in [6.45, 7) is 2.43. The first-order valence-electron chi connectivity index (χ1n) is 7.43. The van der Waals surface area contributed by atoms with Crippen LogP contribution in [0.4, 0.5) is 14.5 Å². The Hall–Kier alpha value is -2.51. The normalized spacial score (nSPS) is 15.0. The van der Waals surface area contributed by atoms with E-state index in [-0.39, 0.29) is 11.6 Å². The predicted octanol–water partition coefficient (Wildman–Crippen LogP) is 1.30. The second-order valence-electron chi connectivity index (χ2n) is 5.37. The molecule has 2 heterocycles. The summed E-state index contributed by atoms with van der Waals surface area (Å²) in [6.07, 6.45) is 3.34. The summed E-state index contributed by atoms with van der Waals surface area (Å²) in [5.74, 6) is -0.884. The Morgan fingerprint density at radius 2 is 1.96 bits per heavy atom. The highest BCUT2D eigenvalue weighted by molar-refractivity contribution is 5.76. The van der Waals surface area contributed by atoms with Crippen LogP contribution in [0.15, 0.2) is 30.9 Å². The Morgan fingerprint density at radius 1 is 1.17 bits per heavy atom. The van der Waals surface area contributed by atoms with E-state index in [1.54, 1.807) is 20.8 Å². The minimum atomic E-state index is -0.465. The van der Waals surface area contributed by atoms with Gasteiger partial charge in [0.05, 0.1) is 12.2 Å². The van der Waals surface area contributed by atoms with Gasteiger partial charge in [0.15, 0.2) is 0 Å². The number of rotatable bonds is 4. The van der Waals surface area contributed by atoms with Crippen molar-refractivity contribution >= 4 is 11.6 Å². The number of anilines is 1. The van der Waals surface area contributed by atoms with Crippen molar-refractivity contribution in [3.63, 3.8) is 0 Å². The van der Waals surface area contributed by atoms with Crippen molar-refractivity contribution in [3.05, 3.63) is 42.5 Å². The fourth-order valence-corrected chi connectivity index (χ4v) is 2.64. The number of piperazine rings is 1. The Kier molecular flexibility index (Phi) is 4.50. The third-order valence-corrected chi connectivity index (χ3v) is 3.90. The lowest BCUT2D eigenvalue weighted by Gasteiger charge is -2.36. The van der Waals surface area contributed by atoms with Gasteiger partial charge in [-0.15, -0.1) is 0 Å². The number of halogens is 2. The molecule has 1 aliphatic rings. The largest absolute Gasteiger partial charge is 0.366 e. The molecule has 1 aromatic carbocycles. The number of hydrogen-bond acceptors (Lipinski definition) is 4. The van der Waals surface area contributed by atoms with E-state index in [1.165, 1.54) is 12.4 Å².